The summed E-state index contributed by atoms with van der Waals surface area (Å²) in [5.74, 6) is -2.34. The molecule has 0 spiro atoms. The Morgan fingerprint density at radius 2 is 1.78 bits per heavy atom. The van der Waals surface area contributed by atoms with Crippen LogP contribution in [0.15, 0.2) is 24.3 Å². The van der Waals surface area contributed by atoms with E-state index in [-0.39, 0.29) is 11.1 Å². The number of fused-ring (bicyclic) bond motifs is 1. The van der Waals surface area contributed by atoms with E-state index in [1.54, 1.807) is 12.1 Å². The number of unbranched alkanes of at least 4 members (excludes halogenated alkanes) is 1. The minimum absolute atomic E-state index is 0.165. The first-order valence-electron chi connectivity index (χ1n) is 7.21. The zero-order chi connectivity index (χ0) is 17.0. The number of nitrogens with one attached hydrogen (secondary N) is 1. The van der Waals surface area contributed by atoms with Crippen LogP contribution in [0.4, 0.5) is 4.79 Å². The van der Waals surface area contributed by atoms with Crippen LogP contribution in [0.2, 0.25) is 0 Å². The molecular weight excluding hydrogens is 302 g/mol. The summed E-state index contributed by atoms with van der Waals surface area (Å²) in [6.07, 6.45) is 1.72. The van der Waals surface area contributed by atoms with Gasteiger partial charge in [0, 0.05) is 0 Å². The van der Waals surface area contributed by atoms with Gasteiger partial charge in [0.25, 0.3) is 11.8 Å². The SMILES string of the molecule is CCCCC(NC(N)=O)C(=O)ON1C(=O)c2ccccc2C1=O. The average molecular weight is 319 g/mol. The molecular formula is C15H17N3O5. The van der Waals surface area contributed by atoms with E-state index in [1.165, 1.54) is 12.1 Å². The van der Waals surface area contributed by atoms with Crippen LogP contribution in [-0.4, -0.2) is 34.9 Å². The van der Waals surface area contributed by atoms with E-state index in [0.717, 1.165) is 6.42 Å². The molecule has 1 unspecified atom stereocenters. The first kappa shape index (κ1) is 16.5. The molecule has 23 heavy (non-hydrogen) atoms. The van der Waals surface area contributed by atoms with Crippen molar-refractivity contribution in [3.8, 4) is 0 Å². The van der Waals surface area contributed by atoms with Gasteiger partial charge in [-0.25, -0.2) is 9.59 Å². The number of benzene rings is 1. The van der Waals surface area contributed by atoms with Crippen molar-refractivity contribution < 1.29 is 24.0 Å². The highest BCUT2D eigenvalue weighted by Crippen LogP contribution is 2.23. The van der Waals surface area contributed by atoms with E-state index in [1.807, 2.05) is 6.92 Å². The third kappa shape index (κ3) is 3.47. The number of urea groups is 1. The van der Waals surface area contributed by atoms with Crippen LogP contribution >= 0.6 is 0 Å². The van der Waals surface area contributed by atoms with Crippen molar-refractivity contribution in [3.63, 3.8) is 0 Å². The number of hydrogen-bond donors (Lipinski definition) is 2. The quantitative estimate of drug-likeness (QED) is 0.757. The summed E-state index contributed by atoms with van der Waals surface area (Å²) in [5, 5.41) is 2.67. The number of hydroxylamine groups is 2. The lowest BCUT2D eigenvalue weighted by molar-refractivity contribution is -0.171. The zero-order valence-corrected chi connectivity index (χ0v) is 12.6. The lowest BCUT2D eigenvalue weighted by Gasteiger charge is -2.19. The van der Waals surface area contributed by atoms with Gasteiger partial charge in [-0.15, -0.1) is 0 Å². The van der Waals surface area contributed by atoms with Crippen molar-refractivity contribution in [1.29, 1.82) is 0 Å². The molecule has 0 saturated heterocycles. The van der Waals surface area contributed by atoms with Crippen LogP contribution in [0.5, 0.6) is 0 Å². The Balaban J connectivity index is 2.11. The maximum atomic E-state index is 12.1. The smallest absolute Gasteiger partial charge is 0.352 e. The molecule has 1 aromatic rings. The van der Waals surface area contributed by atoms with Crippen molar-refractivity contribution in [2.75, 3.05) is 0 Å². The van der Waals surface area contributed by atoms with Gasteiger partial charge >= 0.3 is 12.0 Å². The molecule has 1 atom stereocenters. The molecule has 1 aliphatic rings. The predicted molar refractivity (Wildman–Crippen MR) is 79.1 cm³/mol. The van der Waals surface area contributed by atoms with Crippen LogP contribution in [0, 0.1) is 0 Å². The van der Waals surface area contributed by atoms with Crippen molar-refractivity contribution in [1.82, 2.24) is 10.4 Å². The maximum Gasteiger partial charge on any atom is 0.355 e. The zero-order valence-electron chi connectivity index (χ0n) is 12.6. The fourth-order valence-corrected chi connectivity index (χ4v) is 2.23. The van der Waals surface area contributed by atoms with Gasteiger partial charge in [0.1, 0.15) is 6.04 Å². The Morgan fingerprint density at radius 3 is 2.26 bits per heavy atom. The van der Waals surface area contributed by atoms with E-state index in [2.05, 4.69) is 5.32 Å². The fourth-order valence-electron chi connectivity index (χ4n) is 2.23. The Kier molecular flexibility index (Phi) is 4.95. The molecule has 0 aromatic heterocycles. The number of rotatable bonds is 6. The molecule has 122 valence electrons. The molecule has 0 fully saturated rings. The van der Waals surface area contributed by atoms with E-state index >= 15 is 0 Å². The summed E-state index contributed by atoms with van der Waals surface area (Å²) in [6, 6.07) is 4.25. The Bertz CT molecular complexity index is 623. The van der Waals surface area contributed by atoms with Gasteiger partial charge in [-0.05, 0) is 18.6 Å². The second-order valence-corrected chi connectivity index (χ2v) is 5.06. The highest BCUT2D eigenvalue weighted by molar-refractivity contribution is 6.20. The van der Waals surface area contributed by atoms with E-state index in [4.69, 9.17) is 10.6 Å². The fraction of sp³-hybridized carbons (Fsp3) is 0.333. The first-order chi connectivity index (χ1) is 11.0. The third-order valence-electron chi connectivity index (χ3n) is 3.39. The summed E-state index contributed by atoms with van der Waals surface area (Å²) >= 11 is 0. The molecule has 0 bridgehead atoms. The molecule has 1 aromatic carbocycles. The van der Waals surface area contributed by atoms with Gasteiger partial charge in [-0.3, -0.25) is 9.59 Å². The molecule has 8 heteroatoms. The van der Waals surface area contributed by atoms with Crippen LogP contribution in [0.25, 0.3) is 0 Å². The summed E-state index contributed by atoms with van der Waals surface area (Å²) in [7, 11) is 0. The van der Waals surface area contributed by atoms with Gasteiger partial charge in [0.2, 0.25) is 0 Å². The van der Waals surface area contributed by atoms with Crippen molar-refractivity contribution in [2.24, 2.45) is 5.73 Å². The highest BCUT2D eigenvalue weighted by Gasteiger charge is 2.39. The molecule has 2 rings (SSSR count). The second-order valence-electron chi connectivity index (χ2n) is 5.06. The summed E-state index contributed by atoms with van der Waals surface area (Å²) in [6.45, 7) is 1.91. The monoisotopic (exact) mass is 319 g/mol. The van der Waals surface area contributed by atoms with Crippen molar-refractivity contribution >= 4 is 23.8 Å². The number of primary amides is 1. The van der Waals surface area contributed by atoms with E-state index in [9.17, 15) is 19.2 Å². The third-order valence-corrected chi connectivity index (χ3v) is 3.39. The van der Waals surface area contributed by atoms with Crippen LogP contribution in [0.1, 0.15) is 46.9 Å². The molecule has 1 aliphatic heterocycles. The summed E-state index contributed by atoms with van der Waals surface area (Å²) in [4.78, 5) is 52.3. The maximum absolute atomic E-state index is 12.1. The van der Waals surface area contributed by atoms with Gasteiger partial charge < -0.3 is 15.9 Å². The highest BCUT2D eigenvalue weighted by atomic mass is 16.7. The van der Waals surface area contributed by atoms with Crippen LogP contribution < -0.4 is 11.1 Å². The topological polar surface area (TPSA) is 119 Å². The van der Waals surface area contributed by atoms with E-state index in [0.29, 0.717) is 17.9 Å². The molecule has 0 radical (unpaired) electrons. The van der Waals surface area contributed by atoms with Crippen LogP contribution in [-0.2, 0) is 9.63 Å². The Morgan fingerprint density at radius 1 is 1.22 bits per heavy atom. The number of nitrogens with two attached hydrogens (primary N) is 1. The van der Waals surface area contributed by atoms with Crippen LogP contribution in [0.3, 0.4) is 0 Å². The largest absolute Gasteiger partial charge is 0.355 e. The molecule has 0 aliphatic carbocycles. The van der Waals surface area contributed by atoms with Gasteiger partial charge in [-0.1, -0.05) is 37.0 Å². The van der Waals surface area contributed by atoms with Crippen molar-refractivity contribution in [2.45, 2.75) is 32.2 Å². The predicted octanol–water partition coefficient (Wildman–Crippen LogP) is 0.968. The molecule has 1 heterocycles. The summed E-state index contributed by atoms with van der Waals surface area (Å²) in [5.41, 5.74) is 5.36. The molecule has 4 amide bonds. The summed E-state index contributed by atoms with van der Waals surface area (Å²) < 4.78 is 0. The van der Waals surface area contributed by atoms with Gasteiger partial charge in [0.15, 0.2) is 0 Å². The average Bonchev–Trinajstić information content (AvgIpc) is 2.76. The number of hydrogen-bond acceptors (Lipinski definition) is 5. The minimum Gasteiger partial charge on any atom is -0.352 e. The lowest BCUT2D eigenvalue weighted by Crippen LogP contribution is -2.47. The number of nitrogens with zero attached hydrogens (tertiary/aromatic N) is 1. The number of imide groups is 1. The van der Waals surface area contributed by atoms with Gasteiger partial charge in [-0.2, -0.15) is 0 Å². The van der Waals surface area contributed by atoms with Gasteiger partial charge in [0.05, 0.1) is 11.1 Å². The van der Waals surface area contributed by atoms with E-state index < -0.39 is 29.9 Å². The number of carbonyl (C=O) groups excluding carboxylic acids is 4. The minimum atomic E-state index is -1.02. The number of amides is 4. The van der Waals surface area contributed by atoms with Crippen molar-refractivity contribution in [3.05, 3.63) is 35.4 Å². The number of carbonyl (C=O) groups is 4. The molecule has 8 nitrogen and oxygen atoms in total. The molecule has 3 N–H and O–H groups in total. The lowest BCUT2D eigenvalue weighted by atomic mass is 10.1. The second kappa shape index (κ2) is 6.91. The first-order valence-corrected chi connectivity index (χ1v) is 7.21. The Labute approximate surface area is 132 Å². The normalized spacial score (nSPS) is 14.4. The Hall–Kier alpha value is -2.90. The molecule has 0 saturated carbocycles. The standard InChI is InChI=1S/C15H17N3O5/c1-2-3-8-11(17-15(16)22)14(21)23-18-12(19)9-6-4-5-7-10(9)13(18)20/h4-7,11H,2-3,8H2,1H3,(H3,16,17,22).